The van der Waals surface area contributed by atoms with E-state index < -0.39 is 0 Å². The number of hydrogen-bond donors (Lipinski definition) is 0. The third kappa shape index (κ3) is 10.3. The summed E-state index contributed by atoms with van der Waals surface area (Å²) in [6.07, 6.45) is 1.30. The third-order valence-corrected chi connectivity index (χ3v) is 2.97. The molecule has 0 amide bonds. The highest BCUT2D eigenvalue weighted by molar-refractivity contribution is 7.99. The van der Waals surface area contributed by atoms with Crippen LogP contribution in [0.4, 0.5) is 0 Å². The van der Waals surface area contributed by atoms with Gasteiger partial charge in [0.15, 0.2) is 0 Å². The van der Waals surface area contributed by atoms with Crippen molar-refractivity contribution in [3.05, 3.63) is 6.92 Å². The summed E-state index contributed by atoms with van der Waals surface area (Å²) in [7, 11) is 0. The van der Waals surface area contributed by atoms with Crippen LogP contribution >= 0.6 is 11.8 Å². The Morgan fingerprint density at radius 2 is 1.58 bits per heavy atom. The van der Waals surface area contributed by atoms with Gasteiger partial charge in [-0.2, -0.15) is 11.8 Å². The van der Waals surface area contributed by atoms with Crippen molar-refractivity contribution >= 4 is 11.8 Å². The molecule has 0 bridgehead atoms. The average Bonchev–Trinajstić information content (AvgIpc) is 1.76. The molecule has 0 saturated heterocycles. The van der Waals surface area contributed by atoms with Crippen LogP contribution in [0.2, 0.25) is 0 Å². The Balaban J connectivity index is 3.35. The molecular weight excluding hydrogens is 164 g/mol. The first-order valence-corrected chi connectivity index (χ1v) is 5.79. The standard InChI is InChI=1S/C11H23S/c1-10(2,3)7-8-12-9-11(4,5)6/h4,7-9H2,1-3,5-6H3. The minimum Gasteiger partial charge on any atom is -0.161 e. The zero-order valence-electron chi connectivity index (χ0n) is 9.24. The summed E-state index contributed by atoms with van der Waals surface area (Å²) >= 11 is 2.02. The highest BCUT2D eigenvalue weighted by atomic mass is 32.2. The largest absolute Gasteiger partial charge is 0.161 e. The van der Waals surface area contributed by atoms with Gasteiger partial charge in [0.25, 0.3) is 0 Å². The molecule has 0 fully saturated rings. The van der Waals surface area contributed by atoms with Crippen molar-refractivity contribution in [3.63, 3.8) is 0 Å². The van der Waals surface area contributed by atoms with E-state index in [0.29, 0.717) is 5.41 Å². The lowest BCUT2D eigenvalue weighted by atomic mass is 9.94. The molecule has 0 atom stereocenters. The minimum absolute atomic E-state index is 0.239. The van der Waals surface area contributed by atoms with Crippen LogP contribution in [0.25, 0.3) is 0 Å². The molecule has 0 spiro atoms. The summed E-state index contributed by atoms with van der Waals surface area (Å²) in [5.74, 6) is 2.44. The van der Waals surface area contributed by atoms with E-state index in [4.69, 9.17) is 0 Å². The molecule has 0 aromatic carbocycles. The Morgan fingerprint density at radius 3 is 1.92 bits per heavy atom. The summed E-state index contributed by atoms with van der Waals surface area (Å²) in [5, 5.41) is 0. The molecule has 1 heteroatoms. The van der Waals surface area contributed by atoms with Crippen LogP contribution in [0, 0.1) is 17.8 Å². The van der Waals surface area contributed by atoms with Gasteiger partial charge in [-0.25, -0.2) is 0 Å². The van der Waals surface area contributed by atoms with Crippen LogP contribution in [0.3, 0.4) is 0 Å². The maximum Gasteiger partial charge on any atom is -0.00161 e. The zero-order chi connectivity index (χ0) is 9.83. The van der Waals surface area contributed by atoms with Crippen LogP contribution in [0.1, 0.15) is 41.0 Å². The van der Waals surface area contributed by atoms with E-state index >= 15 is 0 Å². The maximum atomic E-state index is 4.08. The molecule has 0 aliphatic carbocycles. The summed E-state index contributed by atoms with van der Waals surface area (Å²) in [4.78, 5) is 0. The lowest BCUT2D eigenvalue weighted by Gasteiger charge is -2.20. The first-order valence-electron chi connectivity index (χ1n) is 4.64. The van der Waals surface area contributed by atoms with Crippen molar-refractivity contribution in [2.45, 2.75) is 41.0 Å². The number of hydrogen-bond acceptors (Lipinski definition) is 1. The molecule has 1 radical (unpaired) electrons. The van der Waals surface area contributed by atoms with E-state index in [0.717, 1.165) is 0 Å². The SMILES string of the molecule is [CH2]C(C)(C)CSCCC(C)(C)C. The lowest BCUT2D eigenvalue weighted by molar-refractivity contribution is 0.401. The Labute approximate surface area is 82.5 Å². The van der Waals surface area contributed by atoms with Crippen molar-refractivity contribution < 1.29 is 0 Å². The molecule has 0 nitrogen and oxygen atoms in total. The van der Waals surface area contributed by atoms with Crippen LogP contribution in [-0.4, -0.2) is 11.5 Å². The maximum absolute atomic E-state index is 4.08. The van der Waals surface area contributed by atoms with Gasteiger partial charge in [0, 0.05) is 0 Å². The summed E-state index contributed by atoms with van der Waals surface area (Å²) in [5.41, 5.74) is 0.723. The fraction of sp³-hybridized carbons (Fsp3) is 0.909. The van der Waals surface area contributed by atoms with E-state index in [1.54, 1.807) is 0 Å². The van der Waals surface area contributed by atoms with Crippen molar-refractivity contribution in [2.75, 3.05) is 11.5 Å². The molecule has 0 aliphatic heterocycles. The Hall–Kier alpha value is 0.350. The van der Waals surface area contributed by atoms with Gasteiger partial charge in [-0.1, -0.05) is 34.6 Å². The topological polar surface area (TPSA) is 0 Å². The van der Waals surface area contributed by atoms with Gasteiger partial charge in [-0.15, -0.1) is 0 Å². The second-order valence-corrected chi connectivity index (χ2v) is 6.63. The van der Waals surface area contributed by atoms with E-state index in [-0.39, 0.29) is 5.41 Å². The number of thioether (sulfide) groups is 1. The lowest BCUT2D eigenvalue weighted by Crippen LogP contribution is -2.11. The molecule has 12 heavy (non-hydrogen) atoms. The smallest absolute Gasteiger partial charge is 0.00161 e. The Kier molecular flexibility index (Phi) is 4.68. The van der Waals surface area contributed by atoms with Gasteiger partial charge in [0.1, 0.15) is 0 Å². The minimum atomic E-state index is 0.239. The molecule has 0 unspecified atom stereocenters. The highest BCUT2D eigenvalue weighted by Crippen LogP contribution is 2.25. The van der Waals surface area contributed by atoms with Crippen LogP contribution in [0.5, 0.6) is 0 Å². The van der Waals surface area contributed by atoms with E-state index in [1.165, 1.54) is 17.9 Å². The molecule has 0 aromatic heterocycles. The van der Waals surface area contributed by atoms with Gasteiger partial charge in [-0.3, -0.25) is 0 Å². The van der Waals surface area contributed by atoms with Crippen molar-refractivity contribution in [1.82, 2.24) is 0 Å². The predicted octanol–water partition coefficient (Wildman–Crippen LogP) is 4.02. The first kappa shape index (κ1) is 12.3. The summed E-state index contributed by atoms with van der Waals surface area (Å²) in [6.45, 7) is 15.4. The van der Waals surface area contributed by atoms with E-state index in [2.05, 4.69) is 41.5 Å². The molecule has 0 rings (SSSR count). The van der Waals surface area contributed by atoms with E-state index in [1.807, 2.05) is 11.8 Å². The second-order valence-electron chi connectivity index (χ2n) is 5.53. The quantitative estimate of drug-likeness (QED) is 0.599. The zero-order valence-corrected chi connectivity index (χ0v) is 10.1. The van der Waals surface area contributed by atoms with Gasteiger partial charge in [0.05, 0.1) is 0 Å². The Morgan fingerprint density at radius 1 is 1.08 bits per heavy atom. The van der Waals surface area contributed by atoms with Crippen molar-refractivity contribution in [1.29, 1.82) is 0 Å². The van der Waals surface area contributed by atoms with Crippen molar-refractivity contribution in [2.24, 2.45) is 10.8 Å². The fourth-order valence-corrected chi connectivity index (χ4v) is 2.18. The van der Waals surface area contributed by atoms with Crippen LogP contribution in [0.15, 0.2) is 0 Å². The molecule has 0 aliphatic rings. The third-order valence-electron chi connectivity index (χ3n) is 1.49. The molecule has 0 N–H and O–H groups in total. The normalized spacial score (nSPS) is 13.5. The molecule has 0 aromatic rings. The summed E-state index contributed by atoms with van der Waals surface area (Å²) < 4.78 is 0. The fourth-order valence-electron chi connectivity index (χ4n) is 0.727. The van der Waals surface area contributed by atoms with Crippen LogP contribution in [-0.2, 0) is 0 Å². The summed E-state index contributed by atoms with van der Waals surface area (Å²) in [6, 6.07) is 0. The second kappa shape index (κ2) is 4.55. The van der Waals surface area contributed by atoms with Crippen LogP contribution < -0.4 is 0 Å². The Bertz CT molecular complexity index is 97.9. The molecule has 0 saturated carbocycles. The average molecular weight is 187 g/mol. The van der Waals surface area contributed by atoms with Gasteiger partial charge in [0.2, 0.25) is 0 Å². The van der Waals surface area contributed by atoms with Crippen molar-refractivity contribution in [3.8, 4) is 0 Å². The predicted molar refractivity (Wildman–Crippen MR) is 60.5 cm³/mol. The van der Waals surface area contributed by atoms with Gasteiger partial charge >= 0.3 is 0 Å². The number of rotatable bonds is 4. The highest BCUT2D eigenvalue weighted by Gasteiger charge is 2.12. The first-order chi connectivity index (χ1) is 5.21. The monoisotopic (exact) mass is 187 g/mol. The molecule has 73 valence electrons. The van der Waals surface area contributed by atoms with Gasteiger partial charge < -0.3 is 0 Å². The molecular formula is C11H23S. The van der Waals surface area contributed by atoms with E-state index in [9.17, 15) is 0 Å². The molecule has 0 heterocycles. The van der Waals surface area contributed by atoms with Gasteiger partial charge in [-0.05, 0) is 35.7 Å².